The minimum Gasteiger partial charge on any atom is -0.504 e. The number of nitrogens with one attached hydrogen (secondary N) is 1. The maximum absolute atomic E-state index is 15.3. The second kappa shape index (κ2) is 18.3. The third-order valence-corrected chi connectivity index (χ3v) is 26.5. The lowest BCUT2D eigenvalue weighted by atomic mass is 9.60. The number of carbonyl (C=O) groups is 2. The summed E-state index contributed by atoms with van der Waals surface area (Å²) in [5.74, 6) is 11.4. The van der Waals surface area contributed by atoms with Crippen molar-refractivity contribution in [3.05, 3.63) is 83.0 Å². The molecular weight excluding hydrogens is 973 g/mol. The van der Waals surface area contributed by atoms with E-state index in [0.717, 1.165) is 101 Å². The molecule has 2 aromatic carbocycles. The van der Waals surface area contributed by atoms with E-state index in [-0.39, 0.29) is 52.2 Å². The van der Waals surface area contributed by atoms with Gasteiger partial charge >= 0.3 is 5.97 Å². The summed E-state index contributed by atoms with van der Waals surface area (Å²) in [4.78, 5) is 35.6. The summed E-state index contributed by atoms with van der Waals surface area (Å²) in [5.41, 5.74) is 8.98. The fourth-order valence-electron chi connectivity index (χ4n) is 19.2. The SMILES string of the molecule is CC(=O)OC12CCc3cc(c(O)c4c3C3C=CC5(CCCC5C3)O4)CN3CC4(CC3=O)C(c3ccccc3)CCC43C#CCC4CCC5(CCCC5(NC(N)=NC3)SSC3C=CC5CC3CCC5C(CC1)C(O)C2)C4. The van der Waals surface area contributed by atoms with Crippen LogP contribution in [-0.4, -0.2) is 73.5 Å². The van der Waals surface area contributed by atoms with Gasteiger partial charge in [0.25, 0.3) is 0 Å². The Bertz CT molecular complexity index is 2810. The van der Waals surface area contributed by atoms with Gasteiger partial charge in [-0.3, -0.25) is 14.6 Å². The first-order valence-electron chi connectivity index (χ1n) is 29.4. The molecule has 10 nitrogen and oxygen atoms in total. The first-order valence-corrected chi connectivity index (χ1v) is 31.6. The molecule has 16 bridgehead atoms. The van der Waals surface area contributed by atoms with E-state index < -0.39 is 28.1 Å². The van der Waals surface area contributed by atoms with Crippen LogP contribution in [0, 0.1) is 63.6 Å². The molecular formula is C63H78N4O6S2. The van der Waals surface area contributed by atoms with Gasteiger partial charge in [0.2, 0.25) is 5.91 Å². The summed E-state index contributed by atoms with van der Waals surface area (Å²) in [6, 6.07) is 13.0. The van der Waals surface area contributed by atoms with Gasteiger partial charge in [0.1, 0.15) is 16.1 Å². The Morgan fingerprint density at radius 3 is 2.71 bits per heavy atom. The molecule has 5 N–H and O–H groups in total. The van der Waals surface area contributed by atoms with E-state index in [1.807, 2.05) is 4.90 Å². The molecule has 6 saturated carbocycles. The predicted molar refractivity (Wildman–Crippen MR) is 296 cm³/mol. The second-order valence-corrected chi connectivity index (χ2v) is 29.1. The number of aryl methyl sites for hydroxylation is 1. The van der Waals surface area contributed by atoms with E-state index in [2.05, 4.69) is 99.4 Å². The zero-order valence-electron chi connectivity index (χ0n) is 44.0. The van der Waals surface area contributed by atoms with Crippen LogP contribution in [0.1, 0.15) is 176 Å². The molecule has 8 aliphatic carbocycles. The molecule has 398 valence electrons. The van der Waals surface area contributed by atoms with Crippen molar-refractivity contribution in [2.75, 3.05) is 13.1 Å². The summed E-state index contributed by atoms with van der Waals surface area (Å²) >= 11 is 0. The predicted octanol–water partition coefficient (Wildman–Crippen LogP) is 11.4. The Morgan fingerprint density at radius 1 is 0.947 bits per heavy atom. The molecule has 18 rings (SSSR count). The van der Waals surface area contributed by atoms with Crippen LogP contribution >= 0.6 is 21.6 Å². The van der Waals surface area contributed by atoms with Crippen molar-refractivity contribution in [1.29, 1.82) is 0 Å². The highest BCUT2D eigenvalue weighted by Gasteiger charge is 2.65. The van der Waals surface area contributed by atoms with Crippen LogP contribution in [0.25, 0.3) is 0 Å². The molecule has 16 atom stereocenters. The summed E-state index contributed by atoms with van der Waals surface area (Å²) in [6.07, 6.45) is 29.4. The number of hydrogen-bond acceptors (Lipinski definition) is 11. The van der Waals surface area contributed by atoms with E-state index >= 15 is 4.79 Å². The lowest BCUT2D eigenvalue weighted by Gasteiger charge is -2.50. The van der Waals surface area contributed by atoms with Crippen molar-refractivity contribution >= 4 is 39.4 Å². The Kier molecular flexibility index (Phi) is 12.0. The molecule has 12 heteroatoms. The third kappa shape index (κ3) is 7.84. The zero-order chi connectivity index (χ0) is 51.0. The molecule has 7 fully saturated rings. The molecule has 16 aliphatic rings. The van der Waals surface area contributed by atoms with Gasteiger partial charge in [0.15, 0.2) is 17.5 Å². The van der Waals surface area contributed by atoms with Crippen LogP contribution in [0.15, 0.2) is 65.7 Å². The van der Waals surface area contributed by atoms with E-state index in [0.29, 0.717) is 97.3 Å². The number of guanidine groups is 1. The standard InChI is InChI=1S/C63H78N4O6S2/c1-39(68)72-60-27-17-44-31-46(55(71)56-54(44)45-18-29-62(73-56)23-6-11-47(62)32-45)36-67-38-61(35-53(67)70)50(41-9-3-2-4-10-41)20-26-59(61)21-5-8-40-16-25-58(33-40)22-7-24-63(58,66-57(64)65-37-59)75-74-52-15-13-42-30-43(52)12-14-48(42)49(19-28-60)51(69)34-60/h2-4,9-10,13,15,18,29,31,40,42-43,45,47-52,69,71H,6-8,11-12,14,16-17,19-20,22-28,30,32-38H2,1H3,(H3,64,65,66). The number of benzene rings is 2. The Labute approximate surface area is 452 Å². The van der Waals surface area contributed by atoms with Crippen molar-refractivity contribution in [3.63, 3.8) is 0 Å². The van der Waals surface area contributed by atoms with Crippen molar-refractivity contribution in [2.45, 2.75) is 194 Å². The number of phenols is 1. The summed E-state index contributed by atoms with van der Waals surface area (Å²) in [7, 11) is 4.14. The van der Waals surface area contributed by atoms with Gasteiger partial charge in [-0.25, -0.2) is 0 Å². The van der Waals surface area contributed by atoms with Crippen molar-refractivity contribution in [2.24, 2.45) is 62.5 Å². The highest BCUT2D eigenvalue weighted by atomic mass is 33.1. The number of aliphatic hydroxyl groups excluding tert-OH is 1. The van der Waals surface area contributed by atoms with Gasteiger partial charge in [0, 0.05) is 78.3 Å². The van der Waals surface area contributed by atoms with Crippen molar-refractivity contribution in [3.8, 4) is 23.3 Å². The molecule has 75 heavy (non-hydrogen) atoms. The number of aromatic hydroxyl groups is 1. The van der Waals surface area contributed by atoms with Crippen LogP contribution in [0.5, 0.6) is 11.5 Å². The topological polar surface area (TPSA) is 147 Å². The smallest absolute Gasteiger partial charge is 0.303 e. The highest BCUT2D eigenvalue weighted by Crippen LogP contribution is 2.68. The monoisotopic (exact) mass is 1050 g/mol. The number of ether oxygens (including phenoxy) is 2. The molecule has 2 aromatic rings. The van der Waals surface area contributed by atoms with Crippen LogP contribution in [0.4, 0.5) is 0 Å². The molecule has 8 heterocycles. The molecule has 16 unspecified atom stereocenters. The number of aliphatic hydroxyl groups is 1. The summed E-state index contributed by atoms with van der Waals surface area (Å²) in [5, 5.41) is 29.6. The molecule has 1 amide bonds. The quantitative estimate of drug-likeness (QED) is 0.0992. The molecule has 0 radical (unpaired) electrons. The Balaban J connectivity index is 0.901. The highest BCUT2D eigenvalue weighted by molar-refractivity contribution is 8.77. The second-order valence-electron chi connectivity index (χ2n) is 26.4. The number of rotatable bonds is 2. The lowest BCUT2D eigenvalue weighted by Crippen LogP contribution is -2.56. The van der Waals surface area contributed by atoms with Crippen molar-refractivity contribution in [1.82, 2.24) is 10.2 Å². The number of nitrogens with two attached hydrogens (primary N) is 1. The van der Waals surface area contributed by atoms with Crippen molar-refractivity contribution < 1.29 is 29.3 Å². The molecule has 1 saturated heterocycles. The van der Waals surface area contributed by atoms with Gasteiger partial charge in [-0.05, 0) is 181 Å². The van der Waals surface area contributed by atoms with E-state index in [4.69, 9.17) is 20.2 Å². The van der Waals surface area contributed by atoms with Crippen LogP contribution in [0.3, 0.4) is 0 Å². The van der Waals surface area contributed by atoms with Crippen LogP contribution < -0.4 is 15.8 Å². The number of aliphatic imine (C=N–C) groups is 1. The molecule has 5 spiro atoms. The number of fused-ring (bicyclic) bond motifs is 2. The average Bonchev–Trinajstić information content (AvgIpc) is 4.25. The van der Waals surface area contributed by atoms with Gasteiger partial charge in [0.05, 0.1) is 18.1 Å². The third-order valence-electron chi connectivity index (χ3n) is 22.8. The largest absolute Gasteiger partial charge is 0.504 e. The fourth-order valence-corrected chi connectivity index (χ4v) is 23.3. The summed E-state index contributed by atoms with van der Waals surface area (Å²) in [6.45, 7) is 2.66. The Morgan fingerprint density at radius 2 is 1.84 bits per heavy atom. The van der Waals surface area contributed by atoms with Gasteiger partial charge < -0.3 is 35.6 Å². The van der Waals surface area contributed by atoms with E-state index in [9.17, 15) is 15.0 Å². The average molecular weight is 1050 g/mol. The number of amides is 1. The van der Waals surface area contributed by atoms with Crippen LogP contribution in [0.2, 0.25) is 0 Å². The lowest BCUT2D eigenvalue weighted by molar-refractivity contribution is -0.171. The van der Waals surface area contributed by atoms with Gasteiger partial charge in [-0.15, -0.1) is 5.92 Å². The normalized spacial score (nSPS) is 44.2. The van der Waals surface area contributed by atoms with Crippen LogP contribution in [-0.2, 0) is 27.3 Å². The number of esters is 1. The zero-order valence-corrected chi connectivity index (χ0v) is 45.7. The maximum atomic E-state index is 15.3. The number of allylic oxidation sites excluding steroid dienone is 2. The molecule has 0 aromatic heterocycles. The minimum atomic E-state index is -0.822. The minimum absolute atomic E-state index is 0.0686. The number of phenolic OH excluding ortho intramolecular Hbond substituents is 1. The fraction of sp³-hybridized carbons (Fsp3) is 0.667. The number of hydrogen-bond donors (Lipinski definition) is 4. The van der Waals surface area contributed by atoms with E-state index in [1.54, 1.807) is 0 Å². The van der Waals surface area contributed by atoms with Gasteiger partial charge in [-0.1, -0.05) is 76.1 Å². The van der Waals surface area contributed by atoms with E-state index in [1.165, 1.54) is 31.7 Å². The molecule has 8 aliphatic heterocycles. The maximum Gasteiger partial charge on any atom is 0.303 e. The summed E-state index contributed by atoms with van der Waals surface area (Å²) < 4.78 is 13.7. The number of nitrogens with zero attached hydrogens (tertiary/aromatic N) is 2. The van der Waals surface area contributed by atoms with Gasteiger partial charge in [-0.2, -0.15) is 0 Å². The number of carbonyl (C=O) groups excluding carboxylic acids is 2. The Hall–Kier alpha value is -4.05. The first kappa shape index (κ1) is 49.3. The first-order chi connectivity index (χ1) is 36.3.